The van der Waals surface area contributed by atoms with Gasteiger partial charge in [0.2, 0.25) is 11.8 Å². The Morgan fingerprint density at radius 3 is 2.07 bits per heavy atom. The number of nitrogens with zero attached hydrogens (tertiary/aromatic N) is 2. The van der Waals surface area contributed by atoms with E-state index in [2.05, 4.69) is 5.32 Å². The highest BCUT2D eigenvalue weighted by Crippen LogP contribution is 2.27. The molecule has 10 heteroatoms. The van der Waals surface area contributed by atoms with Gasteiger partial charge in [-0.1, -0.05) is 85.3 Å². The van der Waals surface area contributed by atoms with Gasteiger partial charge in [-0.25, -0.2) is 8.42 Å². The average molecular weight is 648 g/mol. The summed E-state index contributed by atoms with van der Waals surface area (Å²) >= 11 is 6.55. The van der Waals surface area contributed by atoms with Gasteiger partial charge in [0, 0.05) is 24.0 Å². The molecule has 45 heavy (non-hydrogen) atoms. The van der Waals surface area contributed by atoms with Crippen molar-refractivity contribution in [3.63, 3.8) is 0 Å². The largest absolute Gasteiger partial charge is 0.497 e. The van der Waals surface area contributed by atoms with E-state index >= 15 is 0 Å². The molecule has 0 aliphatic carbocycles. The zero-order chi connectivity index (χ0) is 32.4. The van der Waals surface area contributed by atoms with Crippen LogP contribution in [0.25, 0.3) is 0 Å². The molecule has 0 unspecified atom stereocenters. The molecule has 0 saturated heterocycles. The summed E-state index contributed by atoms with van der Waals surface area (Å²) in [6.45, 7) is 3.29. The number of hydrogen-bond donors (Lipinski definition) is 1. The van der Waals surface area contributed by atoms with Crippen molar-refractivity contribution in [1.29, 1.82) is 0 Å². The third kappa shape index (κ3) is 8.65. The summed E-state index contributed by atoms with van der Waals surface area (Å²) in [7, 11) is -2.68. The van der Waals surface area contributed by atoms with E-state index in [4.69, 9.17) is 16.3 Å². The summed E-state index contributed by atoms with van der Waals surface area (Å²) in [5.41, 5.74) is 1.75. The normalized spacial score (nSPS) is 12.5. The summed E-state index contributed by atoms with van der Waals surface area (Å²) < 4.78 is 34.5. The van der Waals surface area contributed by atoms with Crippen LogP contribution >= 0.6 is 11.6 Å². The van der Waals surface area contributed by atoms with Crippen LogP contribution in [-0.2, 0) is 32.6 Å². The van der Waals surface area contributed by atoms with Crippen molar-refractivity contribution < 1.29 is 22.7 Å². The third-order valence-corrected chi connectivity index (χ3v) is 9.70. The van der Waals surface area contributed by atoms with Crippen LogP contribution in [0.1, 0.15) is 31.4 Å². The van der Waals surface area contributed by atoms with Gasteiger partial charge in [-0.05, 0) is 66.9 Å². The van der Waals surface area contributed by atoms with Crippen molar-refractivity contribution in [2.24, 2.45) is 0 Å². The molecule has 0 bridgehead atoms. The summed E-state index contributed by atoms with van der Waals surface area (Å²) in [5, 5.41) is 3.46. The molecule has 4 aromatic carbocycles. The van der Waals surface area contributed by atoms with Crippen LogP contribution in [0.5, 0.6) is 5.75 Å². The number of amides is 2. The fourth-order valence-corrected chi connectivity index (χ4v) is 6.43. The molecule has 0 aliphatic rings. The Labute approximate surface area is 270 Å². The van der Waals surface area contributed by atoms with Crippen molar-refractivity contribution in [1.82, 2.24) is 10.2 Å². The minimum Gasteiger partial charge on any atom is -0.497 e. The van der Waals surface area contributed by atoms with Crippen LogP contribution in [0.4, 0.5) is 5.69 Å². The lowest BCUT2D eigenvalue weighted by Crippen LogP contribution is -2.54. The summed E-state index contributed by atoms with van der Waals surface area (Å²) in [4.78, 5) is 29.9. The van der Waals surface area contributed by atoms with Crippen LogP contribution in [-0.4, -0.2) is 50.9 Å². The number of halogens is 1. The fourth-order valence-electron chi connectivity index (χ4n) is 4.80. The second kappa shape index (κ2) is 15.6. The van der Waals surface area contributed by atoms with Gasteiger partial charge >= 0.3 is 0 Å². The highest BCUT2D eigenvalue weighted by Gasteiger charge is 2.35. The molecule has 1 N–H and O–H groups in total. The topological polar surface area (TPSA) is 96.0 Å². The number of methoxy groups -OCH3 is 1. The first-order valence-corrected chi connectivity index (χ1v) is 16.5. The molecule has 0 heterocycles. The van der Waals surface area contributed by atoms with Crippen LogP contribution < -0.4 is 14.4 Å². The number of nitrogens with one attached hydrogen (secondary N) is 1. The zero-order valence-corrected chi connectivity index (χ0v) is 27.2. The lowest BCUT2D eigenvalue weighted by Gasteiger charge is -2.34. The number of rotatable bonds is 14. The highest BCUT2D eigenvalue weighted by atomic mass is 35.5. The van der Waals surface area contributed by atoms with E-state index in [0.717, 1.165) is 9.87 Å². The van der Waals surface area contributed by atoms with Crippen molar-refractivity contribution in [2.75, 3.05) is 18.0 Å². The lowest BCUT2D eigenvalue weighted by atomic mass is 10.0. The molecule has 236 valence electrons. The molecular weight excluding hydrogens is 610 g/mol. The molecule has 0 aromatic heterocycles. The predicted molar refractivity (Wildman–Crippen MR) is 178 cm³/mol. The maximum atomic E-state index is 14.5. The Balaban J connectivity index is 1.81. The maximum absolute atomic E-state index is 14.5. The van der Waals surface area contributed by atoms with Gasteiger partial charge < -0.3 is 15.0 Å². The molecule has 4 rings (SSSR count). The second-order valence-electron chi connectivity index (χ2n) is 10.7. The number of carbonyl (C=O) groups is 2. The Hall–Kier alpha value is -4.34. The number of carbonyl (C=O) groups excluding carboxylic acids is 2. The van der Waals surface area contributed by atoms with Gasteiger partial charge in [0.1, 0.15) is 18.3 Å². The van der Waals surface area contributed by atoms with E-state index in [9.17, 15) is 18.0 Å². The second-order valence-corrected chi connectivity index (χ2v) is 12.9. The Bertz CT molecular complexity index is 1670. The van der Waals surface area contributed by atoms with Crippen LogP contribution in [0, 0.1) is 0 Å². The first-order valence-electron chi connectivity index (χ1n) is 14.7. The highest BCUT2D eigenvalue weighted by molar-refractivity contribution is 7.92. The first-order chi connectivity index (χ1) is 21.6. The standard InChI is InChI=1S/C35H38ClN3O5S/c1-4-26(2)37-35(41)33(23-27-13-7-5-8-14-27)38(24-28-15-11-12-18-32(28)36)34(40)25-39(29-19-21-30(44-3)22-20-29)45(42,43)31-16-9-6-10-17-31/h5-22,26,33H,4,23-25H2,1-3H3,(H,37,41)/t26-,33-/m0/s1. The van der Waals surface area contributed by atoms with Gasteiger partial charge in [0.15, 0.2) is 0 Å². The smallest absolute Gasteiger partial charge is 0.264 e. The molecule has 8 nitrogen and oxygen atoms in total. The maximum Gasteiger partial charge on any atom is 0.264 e. The number of hydrogen-bond acceptors (Lipinski definition) is 5. The molecule has 0 saturated carbocycles. The van der Waals surface area contributed by atoms with Gasteiger partial charge in [0.25, 0.3) is 10.0 Å². The average Bonchev–Trinajstić information content (AvgIpc) is 3.06. The number of sulfonamides is 1. The monoisotopic (exact) mass is 647 g/mol. The summed E-state index contributed by atoms with van der Waals surface area (Å²) in [5.74, 6) is -0.367. The molecular formula is C35H38ClN3O5S. The first kappa shape index (κ1) is 33.6. The van der Waals surface area contributed by atoms with E-state index in [1.807, 2.05) is 44.2 Å². The van der Waals surface area contributed by atoms with Crippen molar-refractivity contribution in [2.45, 2.75) is 50.2 Å². The Kier molecular flexibility index (Phi) is 11.6. The minimum atomic E-state index is -4.19. The molecule has 0 radical (unpaired) electrons. The number of benzene rings is 4. The van der Waals surface area contributed by atoms with Crippen LogP contribution in [0.15, 0.2) is 114 Å². The van der Waals surface area contributed by atoms with Crippen molar-refractivity contribution >= 4 is 39.1 Å². The number of ether oxygens (including phenoxy) is 1. The predicted octanol–water partition coefficient (Wildman–Crippen LogP) is 6.10. The van der Waals surface area contributed by atoms with Crippen molar-refractivity contribution in [3.05, 3.63) is 125 Å². The fraction of sp³-hybridized carbons (Fsp3) is 0.257. The molecule has 4 aromatic rings. The summed E-state index contributed by atoms with van der Waals surface area (Å²) in [6, 6.07) is 29.8. The molecule has 0 spiro atoms. The Morgan fingerprint density at radius 2 is 1.47 bits per heavy atom. The number of anilines is 1. The van der Waals surface area contributed by atoms with Crippen LogP contribution in [0.3, 0.4) is 0 Å². The van der Waals surface area contributed by atoms with E-state index in [0.29, 0.717) is 22.8 Å². The van der Waals surface area contributed by atoms with E-state index < -0.39 is 28.5 Å². The molecule has 2 amide bonds. The minimum absolute atomic E-state index is 0.00816. The van der Waals surface area contributed by atoms with E-state index in [-0.39, 0.29) is 35.5 Å². The zero-order valence-electron chi connectivity index (χ0n) is 25.6. The van der Waals surface area contributed by atoms with Gasteiger partial charge in [-0.15, -0.1) is 0 Å². The Morgan fingerprint density at radius 1 is 0.867 bits per heavy atom. The molecule has 2 atom stereocenters. The molecule has 0 fully saturated rings. The quantitative estimate of drug-likeness (QED) is 0.179. The van der Waals surface area contributed by atoms with Gasteiger partial charge in [-0.3, -0.25) is 13.9 Å². The van der Waals surface area contributed by atoms with Gasteiger partial charge in [-0.2, -0.15) is 0 Å². The molecule has 0 aliphatic heterocycles. The SMILES string of the molecule is CC[C@H](C)NC(=O)[C@H](Cc1ccccc1)N(Cc1ccccc1Cl)C(=O)CN(c1ccc(OC)cc1)S(=O)(=O)c1ccccc1. The van der Waals surface area contributed by atoms with E-state index in [1.54, 1.807) is 66.7 Å². The van der Waals surface area contributed by atoms with E-state index in [1.165, 1.54) is 24.1 Å². The van der Waals surface area contributed by atoms with Crippen molar-refractivity contribution in [3.8, 4) is 5.75 Å². The van der Waals surface area contributed by atoms with Gasteiger partial charge in [0.05, 0.1) is 17.7 Å². The third-order valence-electron chi connectivity index (χ3n) is 7.54. The lowest BCUT2D eigenvalue weighted by molar-refractivity contribution is -0.140. The van der Waals surface area contributed by atoms with Crippen LogP contribution in [0.2, 0.25) is 5.02 Å². The summed E-state index contributed by atoms with van der Waals surface area (Å²) in [6.07, 6.45) is 0.913.